The number of aromatic nitrogens is 2. The van der Waals surface area contributed by atoms with Crippen molar-refractivity contribution in [2.24, 2.45) is 0 Å². The Balaban J connectivity index is 1.80. The zero-order valence-corrected chi connectivity index (χ0v) is 13.5. The largest absolute Gasteiger partial charge is 0.334 e. The minimum absolute atomic E-state index is 0.164. The quantitative estimate of drug-likeness (QED) is 0.872. The van der Waals surface area contributed by atoms with E-state index in [1.807, 2.05) is 29.5 Å². The molecule has 1 aromatic heterocycles. The number of nitrogens with zero attached hydrogens (tertiary/aromatic N) is 3. The first kappa shape index (κ1) is 14.8. The monoisotopic (exact) mass is 297 g/mol. The molecule has 22 heavy (non-hydrogen) atoms. The Morgan fingerprint density at radius 2 is 2.05 bits per heavy atom. The van der Waals surface area contributed by atoms with E-state index in [0.717, 1.165) is 30.8 Å². The smallest absolute Gasteiger partial charge is 0.244 e. The first-order valence-electron chi connectivity index (χ1n) is 7.92. The van der Waals surface area contributed by atoms with Crippen LogP contribution in [0.3, 0.4) is 0 Å². The van der Waals surface area contributed by atoms with Crippen LogP contribution in [0.5, 0.6) is 0 Å². The van der Waals surface area contributed by atoms with E-state index in [-0.39, 0.29) is 11.9 Å². The van der Waals surface area contributed by atoms with Gasteiger partial charge >= 0.3 is 0 Å². The summed E-state index contributed by atoms with van der Waals surface area (Å²) in [4.78, 5) is 14.8. The highest BCUT2D eigenvalue weighted by molar-refractivity contribution is 5.77. The van der Waals surface area contributed by atoms with Crippen LogP contribution in [0.2, 0.25) is 0 Å². The number of likely N-dealkylation sites (tertiary alicyclic amines) is 1. The predicted molar refractivity (Wildman–Crippen MR) is 86.6 cm³/mol. The minimum atomic E-state index is 0.164. The molecule has 2 aromatic rings. The molecule has 1 saturated heterocycles. The summed E-state index contributed by atoms with van der Waals surface area (Å²) in [5, 5.41) is 4.41. The van der Waals surface area contributed by atoms with Crippen LogP contribution in [0.15, 0.2) is 30.3 Å². The highest BCUT2D eigenvalue weighted by Gasteiger charge is 2.30. The molecule has 4 heteroatoms. The van der Waals surface area contributed by atoms with Crippen LogP contribution in [0, 0.1) is 20.8 Å². The van der Waals surface area contributed by atoms with Crippen LogP contribution >= 0.6 is 0 Å². The molecule has 3 rings (SSSR count). The van der Waals surface area contributed by atoms with E-state index >= 15 is 0 Å². The van der Waals surface area contributed by atoms with Gasteiger partial charge in [0.05, 0.1) is 11.7 Å². The van der Waals surface area contributed by atoms with E-state index in [2.05, 4.69) is 36.3 Å². The van der Waals surface area contributed by atoms with Crippen LogP contribution in [0.4, 0.5) is 0 Å². The third-order valence-corrected chi connectivity index (χ3v) is 4.51. The number of benzene rings is 1. The van der Waals surface area contributed by atoms with Gasteiger partial charge in [-0.05, 0) is 50.8 Å². The summed E-state index contributed by atoms with van der Waals surface area (Å²) < 4.78 is 1.81. The van der Waals surface area contributed by atoms with Crippen molar-refractivity contribution < 1.29 is 4.79 Å². The average Bonchev–Trinajstić information content (AvgIpc) is 3.06. The molecular formula is C18H23N3O. The van der Waals surface area contributed by atoms with Crippen molar-refractivity contribution >= 4 is 5.91 Å². The number of hydrogen-bond donors (Lipinski definition) is 0. The molecule has 2 heterocycles. The van der Waals surface area contributed by atoms with Gasteiger partial charge in [-0.25, -0.2) is 0 Å². The van der Waals surface area contributed by atoms with E-state index in [1.54, 1.807) is 0 Å². The highest BCUT2D eigenvalue weighted by atomic mass is 16.2. The molecule has 1 amide bonds. The predicted octanol–water partition coefficient (Wildman–Crippen LogP) is 3.17. The maximum absolute atomic E-state index is 12.7. The van der Waals surface area contributed by atoms with Crippen molar-refractivity contribution in [3.05, 3.63) is 52.8 Å². The van der Waals surface area contributed by atoms with E-state index in [0.29, 0.717) is 6.54 Å². The molecule has 0 saturated carbocycles. The fraction of sp³-hybridized carbons (Fsp3) is 0.444. The van der Waals surface area contributed by atoms with Gasteiger partial charge in [0, 0.05) is 12.2 Å². The number of rotatable bonds is 3. The summed E-state index contributed by atoms with van der Waals surface area (Å²) in [5.74, 6) is 0.164. The molecule has 1 atom stereocenters. The summed E-state index contributed by atoms with van der Waals surface area (Å²) in [6.07, 6.45) is 2.12. The summed E-state index contributed by atoms with van der Waals surface area (Å²) in [6.45, 7) is 7.26. The molecule has 1 unspecified atom stereocenters. The number of carbonyl (C=O) groups excluding carboxylic acids is 1. The zero-order valence-electron chi connectivity index (χ0n) is 13.5. The normalized spacial score (nSPS) is 18.0. The lowest BCUT2D eigenvalue weighted by Crippen LogP contribution is -2.34. The number of carbonyl (C=O) groups is 1. The van der Waals surface area contributed by atoms with Crippen molar-refractivity contribution in [2.75, 3.05) is 6.54 Å². The average molecular weight is 297 g/mol. The first-order valence-corrected chi connectivity index (χ1v) is 7.92. The molecule has 0 aliphatic carbocycles. The molecule has 4 nitrogen and oxygen atoms in total. The second-order valence-electron chi connectivity index (χ2n) is 6.19. The maximum Gasteiger partial charge on any atom is 0.244 e. The number of amides is 1. The molecule has 0 radical (unpaired) electrons. The lowest BCUT2D eigenvalue weighted by atomic mass is 9.99. The van der Waals surface area contributed by atoms with Crippen LogP contribution < -0.4 is 0 Å². The minimum Gasteiger partial charge on any atom is -0.334 e. The Kier molecular flexibility index (Phi) is 4.01. The summed E-state index contributed by atoms with van der Waals surface area (Å²) in [6, 6.07) is 10.6. The summed E-state index contributed by atoms with van der Waals surface area (Å²) in [7, 11) is 0. The van der Waals surface area contributed by atoms with E-state index < -0.39 is 0 Å². The summed E-state index contributed by atoms with van der Waals surface area (Å²) in [5.41, 5.74) is 4.54. The van der Waals surface area contributed by atoms with Crippen LogP contribution in [-0.4, -0.2) is 27.1 Å². The second kappa shape index (κ2) is 5.95. The first-order chi connectivity index (χ1) is 10.6. The zero-order chi connectivity index (χ0) is 15.7. The molecule has 1 fully saturated rings. The van der Waals surface area contributed by atoms with Gasteiger partial charge < -0.3 is 4.90 Å². The van der Waals surface area contributed by atoms with E-state index in [4.69, 9.17) is 0 Å². The topological polar surface area (TPSA) is 38.1 Å². The standard InChI is InChI=1S/C18H23N3O/c1-13-7-4-5-8-16(13)17-9-6-10-20(17)18(22)12-21-15(3)11-14(2)19-21/h4-5,7-8,11,17H,6,9-10,12H2,1-3H3. The van der Waals surface area contributed by atoms with E-state index in [9.17, 15) is 4.79 Å². The van der Waals surface area contributed by atoms with Crippen LogP contribution in [-0.2, 0) is 11.3 Å². The van der Waals surface area contributed by atoms with Gasteiger partial charge in [0.15, 0.2) is 0 Å². The molecule has 1 aliphatic rings. The van der Waals surface area contributed by atoms with Crippen LogP contribution in [0.25, 0.3) is 0 Å². The van der Waals surface area contributed by atoms with Gasteiger partial charge in [-0.1, -0.05) is 24.3 Å². The highest BCUT2D eigenvalue weighted by Crippen LogP contribution is 2.33. The SMILES string of the molecule is Cc1cc(C)n(CC(=O)N2CCCC2c2ccccc2C)n1. The van der Waals surface area contributed by atoms with E-state index in [1.165, 1.54) is 11.1 Å². The molecular weight excluding hydrogens is 274 g/mol. The molecule has 0 spiro atoms. The van der Waals surface area contributed by atoms with Crippen LogP contribution in [0.1, 0.15) is 41.4 Å². The van der Waals surface area contributed by atoms with Gasteiger partial charge in [-0.15, -0.1) is 0 Å². The Hall–Kier alpha value is -2.10. The van der Waals surface area contributed by atoms with Gasteiger partial charge in [-0.2, -0.15) is 5.10 Å². The Labute approximate surface area is 131 Å². The van der Waals surface area contributed by atoms with Gasteiger partial charge in [0.25, 0.3) is 0 Å². The van der Waals surface area contributed by atoms with Crippen molar-refractivity contribution in [1.82, 2.24) is 14.7 Å². The lowest BCUT2D eigenvalue weighted by molar-refractivity contribution is -0.133. The fourth-order valence-corrected chi connectivity index (χ4v) is 3.40. The maximum atomic E-state index is 12.7. The van der Waals surface area contributed by atoms with Crippen molar-refractivity contribution in [3.8, 4) is 0 Å². The molecule has 1 aromatic carbocycles. The molecule has 0 N–H and O–H groups in total. The second-order valence-corrected chi connectivity index (χ2v) is 6.19. The van der Waals surface area contributed by atoms with Gasteiger partial charge in [-0.3, -0.25) is 9.48 Å². The Morgan fingerprint density at radius 1 is 1.27 bits per heavy atom. The third kappa shape index (κ3) is 2.78. The number of aryl methyl sites for hydroxylation is 3. The molecule has 0 bridgehead atoms. The Bertz CT molecular complexity index is 689. The lowest BCUT2D eigenvalue weighted by Gasteiger charge is -2.26. The fourth-order valence-electron chi connectivity index (χ4n) is 3.40. The molecule has 116 valence electrons. The van der Waals surface area contributed by atoms with Gasteiger partial charge in [0.2, 0.25) is 5.91 Å². The van der Waals surface area contributed by atoms with Gasteiger partial charge in [0.1, 0.15) is 6.54 Å². The third-order valence-electron chi connectivity index (χ3n) is 4.51. The summed E-state index contributed by atoms with van der Waals surface area (Å²) >= 11 is 0. The molecule has 1 aliphatic heterocycles. The Morgan fingerprint density at radius 3 is 2.73 bits per heavy atom. The van der Waals surface area contributed by atoms with Crippen molar-refractivity contribution in [3.63, 3.8) is 0 Å². The van der Waals surface area contributed by atoms with Crippen molar-refractivity contribution in [2.45, 2.75) is 46.2 Å². The number of hydrogen-bond acceptors (Lipinski definition) is 2. The van der Waals surface area contributed by atoms with Crippen molar-refractivity contribution in [1.29, 1.82) is 0 Å².